The Morgan fingerprint density at radius 1 is 1.21 bits per heavy atom. The van der Waals surface area contributed by atoms with E-state index < -0.39 is 0 Å². The summed E-state index contributed by atoms with van der Waals surface area (Å²) in [6.45, 7) is 9.46. The number of aliphatic imine (C=N–C) groups is 1. The van der Waals surface area contributed by atoms with E-state index in [-0.39, 0.29) is 30.0 Å². The van der Waals surface area contributed by atoms with Crippen molar-refractivity contribution >= 4 is 29.9 Å². The lowest BCUT2D eigenvalue weighted by molar-refractivity contribution is 0.0342. The van der Waals surface area contributed by atoms with Crippen molar-refractivity contribution in [2.45, 2.75) is 52.0 Å². The molecule has 0 aliphatic carbocycles. The highest BCUT2D eigenvalue weighted by atomic mass is 127. The molecule has 182 valence electrons. The highest BCUT2D eigenvalue weighted by Gasteiger charge is 2.22. The van der Waals surface area contributed by atoms with E-state index in [0.29, 0.717) is 13.2 Å². The topological polar surface area (TPSA) is 88.8 Å². The molecule has 1 unspecified atom stereocenters. The number of hydrogen-bond acceptors (Lipinski definition) is 6. The first-order chi connectivity index (χ1) is 15.7. The minimum absolute atomic E-state index is 0. The van der Waals surface area contributed by atoms with Gasteiger partial charge < -0.3 is 20.1 Å². The minimum Gasteiger partial charge on any atom is -0.379 e. The number of hydrogen-bond donors (Lipinski definition) is 2. The first-order valence-electron chi connectivity index (χ1n) is 11.6. The number of rotatable bonds is 8. The van der Waals surface area contributed by atoms with Crippen LogP contribution in [0.1, 0.15) is 36.1 Å². The maximum absolute atomic E-state index is 5.43. The van der Waals surface area contributed by atoms with E-state index in [0.717, 1.165) is 76.4 Å². The molecule has 33 heavy (non-hydrogen) atoms. The average Bonchev–Trinajstić information content (AvgIpc) is 3.21. The van der Waals surface area contributed by atoms with Crippen molar-refractivity contribution in [1.82, 2.24) is 30.3 Å². The second kappa shape index (κ2) is 13.2. The fourth-order valence-electron chi connectivity index (χ4n) is 4.12. The minimum atomic E-state index is 0. The summed E-state index contributed by atoms with van der Waals surface area (Å²) >= 11 is 0. The quantitative estimate of drug-likeness (QED) is 0.286. The smallest absolute Gasteiger partial charge is 0.191 e. The lowest BCUT2D eigenvalue weighted by atomic mass is 10.1. The summed E-state index contributed by atoms with van der Waals surface area (Å²) < 4.78 is 12.6. The normalized spacial score (nSPS) is 19.0. The molecule has 2 aliphatic rings. The van der Waals surface area contributed by atoms with E-state index in [1.54, 1.807) is 7.11 Å². The number of fused-ring (bicyclic) bond motifs is 1. The van der Waals surface area contributed by atoms with Crippen LogP contribution in [0.15, 0.2) is 29.3 Å². The molecule has 1 aromatic carbocycles. The highest BCUT2D eigenvalue weighted by Crippen LogP contribution is 2.14. The van der Waals surface area contributed by atoms with E-state index in [1.165, 1.54) is 11.1 Å². The van der Waals surface area contributed by atoms with Crippen molar-refractivity contribution < 1.29 is 9.47 Å². The first kappa shape index (κ1) is 25.9. The fraction of sp³-hybridized carbons (Fsp3) is 0.609. The predicted octanol–water partition coefficient (Wildman–Crippen LogP) is 1.94. The van der Waals surface area contributed by atoms with Crippen LogP contribution in [0.25, 0.3) is 0 Å². The van der Waals surface area contributed by atoms with Crippen molar-refractivity contribution in [2.75, 3.05) is 40.0 Å². The van der Waals surface area contributed by atoms with E-state index in [4.69, 9.17) is 14.5 Å². The Balaban J connectivity index is 0.00000306. The molecule has 1 atom stereocenters. The van der Waals surface area contributed by atoms with Crippen molar-refractivity contribution in [3.63, 3.8) is 0 Å². The van der Waals surface area contributed by atoms with Gasteiger partial charge in [-0.3, -0.25) is 4.90 Å². The van der Waals surface area contributed by atoms with Crippen LogP contribution < -0.4 is 10.6 Å². The van der Waals surface area contributed by atoms with Crippen molar-refractivity contribution in [3.05, 3.63) is 47.0 Å². The Labute approximate surface area is 213 Å². The molecule has 2 N–H and O–H groups in total. The van der Waals surface area contributed by atoms with Crippen molar-refractivity contribution in [2.24, 2.45) is 4.99 Å². The third-order valence-electron chi connectivity index (χ3n) is 5.81. The number of guanidine groups is 1. The summed E-state index contributed by atoms with van der Waals surface area (Å²) in [6, 6.07) is 9.07. The molecule has 0 amide bonds. The Bertz CT molecular complexity index is 881. The number of methoxy groups -OCH3 is 1. The number of benzene rings is 1. The molecule has 0 saturated carbocycles. The molecule has 1 saturated heterocycles. The maximum atomic E-state index is 5.43. The second-order valence-electron chi connectivity index (χ2n) is 8.34. The number of ether oxygens (including phenoxy) is 2. The number of aromatic nitrogens is 3. The van der Waals surface area contributed by atoms with Gasteiger partial charge in [0.1, 0.15) is 12.4 Å². The average molecular weight is 569 g/mol. The van der Waals surface area contributed by atoms with Crippen molar-refractivity contribution in [1.29, 1.82) is 0 Å². The van der Waals surface area contributed by atoms with E-state index in [2.05, 4.69) is 56.8 Å². The van der Waals surface area contributed by atoms with Gasteiger partial charge in [-0.05, 0) is 24.5 Å². The summed E-state index contributed by atoms with van der Waals surface area (Å²) in [4.78, 5) is 11.8. The van der Waals surface area contributed by atoms with Crippen LogP contribution in [-0.2, 0) is 42.1 Å². The molecule has 3 heterocycles. The van der Waals surface area contributed by atoms with Crippen LogP contribution in [0, 0.1) is 0 Å². The predicted molar refractivity (Wildman–Crippen MR) is 139 cm³/mol. The molecule has 4 rings (SSSR count). The monoisotopic (exact) mass is 569 g/mol. The van der Waals surface area contributed by atoms with Gasteiger partial charge in [0.25, 0.3) is 0 Å². The lowest BCUT2D eigenvalue weighted by Crippen LogP contribution is -2.47. The summed E-state index contributed by atoms with van der Waals surface area (Å²) in [7, 11) is 1.67. The Hall–Kier alpha value is -1.76. The first-order valence-corrected chi connectivity index (χ1v) is 11.6. The Morgan fingerprint density at radius 3 is 2.70 bits per heavy atom. The molecule has 0 spiro atoms. The zero-order chi connectivity index (χ0) is 22.2. The molecule has 0 bridgehead atoms. The summed E-state index contributed by atoms with van der Waals surface area (Å²) in [5.41, 5.74) is 2.54. The largest absolute Gasteiger partial charge is 0.379 e. The van der Waals surface area contributed by atoms with Gasteiger partial charge >= 0.3 is 0 Å². The molecule has 1 aromatic heterocycles. The standard InChI is InChI=1S/C23H35N7O2.HI/c1-3-24-23(26-20-8-9-22-27-21(17-31-2)28-30(22)16-20)25-14-18-4-6-19(7-5-18)15-29-10-12-32-13-11-29;/h4-7,20H,3,8-17H2,1-2H3,(H2,24,25,26);1H. The number of nitrogens with one attached hydrogen (secondary N) is 2. The molecule has 1 fully saturated rings. The molecule has 2 aromatic rings. The zero-order valence-corrected chi connectivity index (χ0v) is 22.0. The molecular weight excluding hydrogens is 533 g/mol. The number of nitrogens with zero attached hydrogens (tertiary/aromatic N) is 5. The van der Waals surface area contributed by atoms with Crippen LogP contribution in [0.5, 0.6) is 0 Å². The second-order valence-corrected chi connectivity index (χ2v) is 8.34. The van der Waals surface area contributed by atoms with Crippen LogP contribution in [0.2, 0.25) is 0 Å². The molecule has 9 nitrogen and oxygen atoms in total. The van der Waals surface area contributed by atoms with Crippen LogP contribution in [-0.4, -0.2) is 71.6 Å². The number of halogens is 1. The fourth-order valence-corrected chi connectivity index (χ4v) is 4.12. The number of aryl methyl sites for hydroxylation is 1. The third-order valence-corrected chi connectivity index (χ3v) is 5.81. The van der Waals surface area contributed by atoms with E-state index >= 15 is 0 Å². The van der Waals surface area contributed by atoms with Gasteiger partial charge in [0.2, 0.25) is 0 Å². The summed E-state index contributed by atoms with van der Waals surface area (Å²) in [6.07, 6.45) is 1.91. The van der Waals surface area contributed by atoms with Crippen LogP contribution >= 0.6 is 24.0 Å². The molecule has 10 heteroatoms. The highest BCUT2D eigenvalue weighted by molar-refractivity contribution is 14.0. The van der Waals surface area contributed by atoms with Gasteiger partial charge in [-0.1, -0.05) is 24.3 Å². The maximum Gasteiger partial charge on any atom is 0.191 e. The molecule has 0 radical (unpaired) electrons. The SMILES string of the molecule is CCNC(=NCc1ccc(CN2CCOCC2)cc1)NC1CCc2nc(COC)nn2C1.I. The van der Waals surface area contributed by atoms with Crippen LogP contribution in [0.4, 0.5) is 0 Å². The van der Waals surface area contributed by atoms with Crippen molar-refractivity contribution in [3.8, 4) is 0 Å². The molecular formula is C23H36IN7O2. The van der Waals surface area contributed by atoms with E-state index in [9.17, 15) is 0 Å². The van der Waals surface area contributed by atoms with Gasteiger partial charge in [0, 0.05) is 45.8 Å². The molecule has 2 aliphatic heterocycles. The van der Waals surface area contributed by atoms with Gasteiger partial charge in [-0.25, -0.2) is 14.7 Å². The lowest BCUT2D eigenvalue weighted by Gasteiger charge is -2.26. The zero-order valence-electron chi connectivity index (χ0n) is 19.6. The van der Waals surface area contributed by atoms with Gasteiger partial charge in [0.15, 0.2) is 11.8 Å². The Morgan fingerprint density at radius 2 is 1.97 bits per heavy atom. The number of morpholine rings is 1. The summed E-state index contributed by atoms with van der Waals surface area (Å²) in [5, 5.41) is 11.5. The van der Waals surface area contributed by atoms with Gasteiger partial charge in [-0.2, -0.15) is 5.10 Å². The van der Waals surface area contributed by atoms with Gasteiger partial charge in [0.05, 0.1) is 26.3 Å². The third kappa shape index (κ3) is 7.62. The summed E-state index contributed by atoms with van der Waals surface area (Å²) in [5.74, 6) is 2.63. The van der Waals surface area contributed by atoms with Gasteiger partial charge in [-0.15, -0.1) is 24.0 Å². The Kier molecular flexibility index (Phi) is 10.4. The van der Waals surface area contributed by atoms with E-state index in [1.807, 2.05) is 4.68 Å². The van der Waals surface area contributed by atoms with Crippen LogP contribution in [0.3, 0.4) is 0 Å².